The second kappa shape index (κ2) is 6.22. The molecule has 17 heteroatoms. The molecule has 0 bridgehead atoms. The number of hydrogen-bond acceptors (Lipinski definition) is 3. The Kier molecular flexibility index (Phi) is 5.49. The van der Waals surface area contributed by atoms with Crippen LogP contribution in [0.25, 0.3) is 0 Å². The minimum Gasteiger partial charge on any atom is -0.313 e. The molecule has 0 saturated carbocycles. The van der Waals surface area contributed by atoms with Gasteiger partial charge in [-0.15, -0.1) is 0 Å². The SMILES string of the molecule is FC(F)C(F)(F)COC(F)(F)CN1C(F)(F)C(F)(F)OC(F)(F)C1(F)F. The second-order valence-corrected chi connectivity index (χ2v) is 4.79. The summed E-state index contributed by atoms with van der Waals surface area (Å²) in [4.78, 5) is -2.73. The fraction of sp³-hybridized carbons (Fsp3) is 1.00. The molecular weight excluding hydrogens is 420 g/mol. The molecule has 1 aliphatic heterocycles. The van der Waals surface area contributed by atoms with Gasteiger partial charge in [0.1, 0.15) is 13.2 Å². The van der Waals surface area contributed by atoms with Crippen LogP contribution in [-0.2, 0) is 9.47 Å². The second-order valence-electron chi connectivity index (χ2n) is 4.79. The van der Waals surface area contributed by atoms with Gasteiger partial charge in [-0.3, -0.25) is 0 Å². The Labute approximate surface area is 133 Å². The number of morpholine rings is 1. The topological polar surface area (TPSA) is 21.7 Å². The standard InChI is InChI=1S/C9H5F14NO2/c10-3(11)4(12,13)2-25-5(14,15)1-24-6(16,17)8(20,21)26-9(22,23)7(24,18)19/h3H,1-2H2. The van der Waals surface area contributed by atoms with E-state index in [0.29, 0.717) is 0 Å². The quantitative estimate of drug-likeness (QED) is 0.471. The first-order valence-electron chi connectivity index (χ1n) is 5.86. The Balaban J connectivity index is 3.13. The molecule has 1 fully saturated rings. The maximum absolute atomic E-state index is 13.2. The summed E-state index contributed by atoms with van der Waals surface area (Å²) >= 11 is 0. The van der Waals surface area contributed by atoms with Crippen LogP contribution in [0.2, 0.25) is 0 Å². The van der Waals surface area contributed by atoms with Crippen molar-refractivity contribution in [1.82, 2.24) is 4.90 Å². The van der Waals surface area contributed by atoms with Crippen molar-refractivity contribution in [2.75, 3.05) is 13.2 Å². The van der Waals surface area contributed by atoms with Crippen molar-refractivity contribution in [1.29, 1.82) is 0 Å². The number of rotatable bonds is 6. The molecule has 156 valence electrons. The average Bonchev–Trinajstić information content (AvgIpc) is 2.40. The zero-order chi connectivity index (χ0) is 21.0. The zero-order valence-electron chi connectivity index (χ0n) is 11.5. The first kappa shape index (κ1) is 22.9. The molecule has 0 aromatic heterocycles. The lowest BCUT2D eigenvalue weighted by Gasteiger charge is -2.47. The summed E-state index contributed by atoms with van der Waals surface area (Å²) < 4.78 is 183. The molecule has 3 nitrogen and oxygen atoms in total. The van der Waals surface area contributed by atoms with Crippen molar-refractivity contribution in [2.45, 2.75) is 42.8 Å². The van der Waals surface area contributed by atoms with Crippen molar-refractivity contribution in [3.8, 4) is 0 Å². The highest BCUT2D eigenvalue weighted by atomic mass is 19.4. The Bertz CT molecular complexity index is 495. The predicted octanol–water partition coefficient (Wildman–Crippen LogP) is 4.20. The number of alkyl halides is 14. The highest BCUT2D eigenvalue weighted by Gasteiger charge is 2.83. The Morgan fingerprint density at radius 3 is 1.54 bits per heavy atom. The molecule has 0 atom stereocenters. The Morgan fingerprint density at radius 2 is 1.19 bits per heavy atom. The summed E-state index contributed by atoms with van der Waals surface area (Å²) in [6.07, 6.45) is -23.1. The fourth-order valence-electron chi connectivity index (χ4n) is 1.47. The monoisotopic (exact) mass is 425 g/mol. The number of ether oxygens (including phenoxy) is 2. The van der Waals surface area contributed by atoms with E-state index >= 15 is 0 Å². The van der Waals surface area contributed by atoms with Crippen LogP contribution in [0, 0.1) is 0 Å². The number of nitrogens with zero attached hydrogens (tertiary/aromatic N) is 1. The first-order chi connectivity index (χ1) is 11.2. The van der Waals surface area contributed by atoms with Gasteiger partial charge in [0, 0.05) is 0 Å². The van der Waals surface area contributed by atoms with E-state index in [1.165, 1.54) is 0 Å². The van der Waals surface area contributed by atoms with E-state index in [2.05, 4.69) is 4.74 Å². The van der Waals surface area contributed by atoms with Gasteiger partial charge in [0.25, 0.3) is 0 Å². The lowest BCUT2D eigenvalue weighted by Crippen LogP contribution is -2.75. The molecule has 26 heavy (non-hydrogen) atoms. The van der Waals surface area contributed by atoms with Gasteiger partial charge in [0.05, 0.1) is 0 Å². The summed E-state index contributed by atoms with van der Waals surface area (Å²) in [7, 11) is 0. The van der Waals surface area contributed by atoms with Crippen molar-refractivity contribution in [2.24, 2.45) is 0 Å². The summed E-state index contributed by atoms with van der Waals surface area (Å²) in [6.45, 7) is -6.42. The van der Waals surface area contributed by atoms with E-state index in [1.54, 1.807) is 0 Å². The van der Waals surface area contributed by atoms with Crippen LogP contribution >= 0.6 is 0 Å². The molecule has 1 rings (SSSR count). The van der Waals surface area contributed by atoms with E-state index in [-0.39, 0.29) is 0 Å². The minimum absolute atomic E-state index is 1.97. The van der Waals surface area contributed by atoms with Crippen molar-refractivity contribution in [3.05, 3.63) is 0 Å². The molecule has 0 aliphatic carbocycles. The average molecular weight is 425 g/mol. The van der Waals surface area contributed by atoms with Crippen LogP contribution in [0.5, 0.6) is 0 Å². The highest BCUT2D eigenvalue weighted by Crippen LogP contribution is 2.56. The van der Waals surface area contributed by atoms with Gasteiger partial charge in [0.15, 0.2) is 0 Å². The third kappa shape index (κ3) is 3.92. The van der Waals surface area contributed by atoms with E-state index in [4.69, 9.17) is 0 Å². The van der Waals surface area contributed by atoms with E-state index < -0.39 is 60.8 Å². The molecule has 1 heterocycles. The van der Waals surface area contributed by atoms with Gasteiger partial charge < -0.3 is 4.74 Å². The normalized spacial score (nSPS) is 25.5. The molecular formula is C9H5F14NO2. The van der Waals surface area contributed by atoms with Gasteiger partial charge >= 0.3 is 42.8 Å². The van der Waals surface area contributed by atoms with Gasteiger partial charge in [-0.05, 0) is 0 Å². The van der Waals surface area contributed by atoms with Crippen LogP contribution < -0.4 is 0 Å². The molecule has 0 N–H and O–H groups in total. The maximum Gasteiger partial charge on any atom is 0.439 e. The largest absolute Gasteiger partial charge is 0.439 e. The van der Waals surface area contributed by atoms with Crippen molar-refractivity contribution < 1.29 is 70.9 Å². The molecule has 0 aromatic rings. The van der Waals surface area contributed by atoms with Crippen molar-refractivity contribution in [3.63, 3.8) is 0 Å². The van der Waals surface area contributed by atoms with E-state index in [9.17, 15) is 61.5 Å². The van der Waals surface area contributed by atoms with Gasteiger partial charge in [-0.2, -0.15) is 57.6 Å². The number of hydrogen-bond donors (Lipinski definition) is 0. The predicted molar refractivity (Wildman–Crippen MR) is 49.4 cm³/mol. The molecule has 0 radical (unpaired) electrons. The van der Waals surface area contributed by atoms with Crippen LogP contribution in [0.1, 0.15) is 0 Å². The van der Waals surface area contributed by atoms with Crippen LogP contribution in [-0.4, -0.2) is 60.8 Å². The Morgan fingerprint density at radius 1 is 0.808 bits per heavy atom. The lowest BCUT2D eigenvalue weighted by molar-refractivity contribution is -0.567. The molecule has 1 saturated heterocycles. The van der Waals surface area contributed by atoms with Gasteiger partial charge in [-0.1, -0.05) is 0 Å². The van der Waals surface area contributed by atoms with E-state index in [0.717, 1.165) is 0 Å². The smallest absolute Gasteiger partial charge is 0.313 e. The summed E-state index contributed by atoms with van der Waals surface area (Å²) in [6, 6.07) is -13.0. The van der Waals surface area contributed by atoms with Gasteiger partial charge in [0.2, 0.25) is 0 Å². The molecule has 0 aromatic carbocycles. The highest BCUT2D eigenvalue weighted by molar-refractivity contribution is 4.95. The minimum atomic E-state index is -6.49. The summed E-state index contributed by atoms with van der Waals surface area (Å²) in [5, 5.41) is 0. The first-order valence-corrected chi connectivity index (χ1v) is 5.86. The zero-order valence-corrected chi connectivity index (χ0v) is 11.5. The third-order valence-corrected chi connectivity index (χ3v) is 2.77. The van der Waals surface area contributed by atoms with Crippen LogP contribution in [0.15, 0.2) is 0 Å². The van der Waals surface area contributed by atoms with Crippen LogP contribution in [0.4, 0.5) is 61.5 Å². The summed E-state index contributed by atoms with van der Waals surface area (Å²) in [5.74, 6) is -5.31. The van der Waals surface area contributed by atoms with Gasteiger partial charge in [-0.25, -0.2) is 13.5 Å². The molecule has 1 aliphatic rings. The van der Waals surface area contributed by atoms with Crippen LogP contribution in [0.3, 0.4) is 0 Å². The fourth-order valence-corrected chi connectivity index (χ4v) is 1.47. The molecule has 0 spiro atoms. The third-order valence-electron chi connectivity index (χ3n) is 2.77. The van der Waals surface area contributed by atoms with Crippen molar-refractivity contribution >= 4 is 0 Å². The summed E-state index contributed by atoms with van der Waals surface area (Å²) in [5.41, 5.74) is 0. The maximum atomic E-state index is 13.2. The molecule has 0 unspecified atom stereocenters. The van der Waals surface area contributed by atoms with E-state index in [1.807, 2.05) is 4.74 Å². The number of halogens is 14. The lowest BCUT2D eigenvalue weighted by atomic mass is 10.2. The Hall–Kier alpha value is -1.10. The molecule has 0 amide bonds.